The normalized spacial score (nSPS) is 27.9. The lowest BCUT2D eigenvalue weighted by Crippen LogP contribution is -2.49. The molecule has 1 saturated heterocycles. The van der Waals surface area contributed by atoms with Crippen molar-refractivity contribution in [3.8, 4) is 0 Å². The van der Waals surface area contributed by atoms with Gasteiger partial charge in [0.25, 0.3) is 0 Å². The number of carbonyl (C=O) groups excluding carboxylic acids is 2. The van der Waals surface area contributed by atoms with Gasteiger partial charge in [0.05, 0.1) is 12.6 Å². The molecular weight excluding hydrogens is 310 g/mol. The molecule has 1 heterocycles. The van der Waals surface area contributed by atoms with Gasteiger partial charge in [0.2, 0.25) is 5.91 Å². The lowest BCUT2D eigenvalue weighted by Gasteiger charge is -2.38. The van der Waals surface area contributed by atoms with Crippen LogP contribution in [-0.2, 0) is 14.0 Å². The molecule has 5 nitrogen and oxygen atoms in total. The van der Waals surface area contributed by atoms with Crippen molar-refractivity contribution in [1.82, 2.24) is 4.90 Å². The van der Waals surface area contributed by atoms with Crippen LogP contribution in [0.15, 0.2) is 0 Å². The molecular formula is C17H31NO4Si. The molecule has 3 atom stereocenters. The fourth-order valence-corrected chi connectivity index (χ4v) is 3.72. The van der Waals surface area contributed by atoms with Crippen LogP contribution in [0.3, 0.4) is 0 Å². The predicted molar refractivity (Wildman–Crippen MR) is 91.6 cm³/mol. The van der Waals surface area contributed by atoms with Crippen molar-refractivity contribution >= 4 is 20.3 Å². The lowest BCUT2D eigenvalue weighted by atomic mass is 10.2. The van der Waals surface area contributed by atoms with Crippen LogP contribution >= 0.6 is 0 Å². The highest BCUT2D eigenvalue weighted by Crippen LogP contribution is 2.51. The maximum absolute atomic E-state index is 12.4. The van der Waals surface area contributed by atoms with Gasteiger partial charge in [-0.2, -0.15) is 0 Å². The Morgan fingerprint density at radius 2 is 1.78 bits per heavy atom. The Kier molecular flexibility index (Phi) is 4.48. The molecule has 0 spiro atoms. The molecule has 0 aromatic rings. The molecule has 0 radical (unpaired) electrons. The number of hydrogen-bond donors (Lipinski definition) is 0. The van der Waals surface area contributed by atoms with Gasteiger partial charge in [-0.15, -0.1) is 0 Å². The summed E-state index contributed by atoms with van der Waals surface area (Å²) in [7, 11) is -1.91. The second-order valence-corrected chi connectivity index (χ2v) is 14.1. The highest BCUT2D eigenvalue weighted by Gasteiger charge is 2.61. The van der Waals surface area contributed by atoms with Gasteiger partial charge in [-0.05, 0) is 51.2 Å². The fraction of sp³-hybridized carbons (Fsp3) is 0.882. The van der Waals surface area contributed by atoms with Gasteiger partial charge in [0, 0.05) is 5.92 Å². The third-order valence-corrected chi connectivity index (χ3v) is 9.73. The van der Waals surface area contributed by atoms with Gasteiger partial charge in [-0.1, -0.05) is 20.8 Å². The highest BCUT2D eigenvalue weighted by molar-refractivity contribution is 6.74. The molecule has 0 aromatic carbocycles. The summed E-state index contributed by atoms with van der Waals surface area (Å²) in [6, 6.07) is -0.170. The maximum atomic E-state index is 12.4. The molecule has 3 unspecified atom stereocenters. The minimum Gasteiger partial charge on any atom is -0.443 e. The first-order valence-electron chi connectivity index (χ1n) is 8.44. The molecule has 2 amide bonds. The smallest absolute Gasteiger partial charge is 0.417 e. The molecule has 2 aliphatic rings. The average molecular weight is 342 g/mol. The van der Waals surface area contributed by atoms with E-state index in [0.717, 1.165) is 6.42 Å². The molecule has 2 fully saturated rings. The zero-order valence-corrected chi connectivity index (χ0v) is 16.7. The Balaban J connectivity index is 2.07. The SMILES string of the molecule is CC(C)(C)OC(=O)N1C(=O)C2CC2C1CO[Si](C)(C)C(C)(C)C. The quantitative estimate of drug-likeness (QED) is 0.733. The summed E-state index contributed by atoms with van der Waals surface area (Å²) >= 11 is 0. The summed E-state index contributed by atoms with van der Waals surface area (Å²) in [6.45, 7) is 16.8. The van der Waals surface area contributed by atoms with E-state index in [1.54, 1.807) is 0 Å². The van der Waals surface area contributed by atoms with Gasteiger partial charge < -0.3 is 9.16 Å². The highest BCUT2D eigenvalue weighted by atomic mass is 28.4. The zero-order chi connectivity index (χ0) is 17.8. The number of rotatable bonds is 3. The Bertz CT molecular complexity index is 504. The first kappa shape index (κ1) is 18.5. The van der Waals surface area contributed by atoms with Crippen LogP contribution in [0.2, 0.25) is 18.1 Å². The van der Waals surface area contributed by atoms with Gasteiger partial charge in [-0.25, -0.2) is 9.69 Å². The van der Waals surface area contributed by atoms with Crippen LogP contribution in [-0.4, -0.2) is 43.5 Å². The van der Waals surface area contributed by atoms with E-state index in [2.05, 4.69) is 33.9 Å². The number of fused-ring (bicyclic) bond motifs is 1. The summed E-state index contributed by atoms with van der Waals surface area (Å²) in [5.74, 6) is 0.156. The van der Waals surface area contributed by atoms with Crippen LogP contribution in [0.5, 0.6) is 0 Å². The van der Waals surface area contributed by atoms with E-state index in [1.807, 2.05) is 20.8 Å². The third-order valence-electron chi connectivity index (χ3n) is 5.23. The van der Waals surface area contributed by atoms with Crippen molar-refractivity contribution in [3.05, 3.63) is 0 Å². The van der Waals surface area contributed by atoms with Crippen LogP contribution in [0.1, 0.15) is 48.0 Å². The zero-order valence-electron chi connectivity index (χ0n) is 15.7. The number of piperidine rings is 1. The van der Waals surface area contributed by atoms with E-state index in [-0.39, 0.29) is 28.8 Å². The molecule has 1 aliphatic heterocycles. The standard InChI is InChI=1S/C17H31NO4Si/c1-16(2,3)22-15(20)18-13(11-9-12(11)14(18)19)10-21-23(7,8)17(4,5)6/h11-13H,9-10H2,1-8H3. The second kappa shape index (κ2) is 5.58. The van der Waals surface area contributed by atoms with Gasteiger partial charge in [0.15, 0.2) is 8.32 Å². The molecule has 1 saturated carbocycles. The Morgan fingerprint density at radius 1 is 1.22 bits per heavy atom. The summed E-state index contributed by atoms with van der Waals surface area (Å²) in [5.41, 5.74) is -0.602. The molecule has 6 heteroatoms. The summed E-state index contributed by atoms with van der Waals surface area (Å²) < 4.78 is 11.7. The first-order chi connectivity index (χ1) is 10.2. The molecule has 0 N–H and O–H groups in total. The number of hydrogen-bond acceptors (Lipinski definition) is 4. The van der Waals surface area contributed by atoms with Crippen molar-refractivity contribution in [2.45, 2.75) is 77.7 Å². The molecule has 0 bridgehead atoms. The Hall–Kier alpha value is -0.883. The van der Waals surface area contributed by atoms with Crippen molar-refractivity contribution in [1.29, 1.82) is 0 Å². The molecule has 0 aromatic heterocycles. The maximum Gasteiger partial charge on any atom is 0.417 e. The second-order valence-electron chi connectivity index (χ2n) is 9.33. The minimum absolute atomic E-state index is 0.00414. The number of imide groups is 1. The summed E-state index contributed by atoms with van der Waals surface area (Å²) in [4.78, 5) is 26.1. The van der Waals surface area contributed by atoms with Crippen LogP contribution in [0, 0.1) is 11.8 Å². The number of nitrogens with zero attached hydrogens (tertiary/aromatic N) is 1. The van der Waals surface area contributed by atoms with E-state index in [1.165, 1.54) is 4.90 Å². The predicted octanol–water partition coefficient (Wildman–Crippen LogP) is 3.79. The average Bonchev–Trinajstić information content (AvgIpc) is 3.04. The molecule has 132 valence electrons. The third kappa shape index (κ3) is 3.79. The van der Waals surface area contributed by atoms with E-state index < -0.39 is 20.0 Å². The van der Waals surface area contributed by atoms with Gasteiger partial charge in [-0.3, -0.25) is 4.79 Å². The van der Waals surface area contributed by atoms with E-state index >= 15 is 0 Å². The van der Waals surface area contributed by atoms with Crippen molar-refractivity contribution in [3.63, 3.8) is 0 Å². The first-order valence-corrected chi connectivity index (χ1v) is 11.4. The van der Waals surface area contributed by atoms with Gasteiger partial charge >= 0.3 is 6.09 Å². The summed E-state index contributed by atoms with van der Waals surface area (Å²) in [6.07, 6.45) is 0.349. The fourth-order valence-electron chi connectivity index (χ4n) is 2.70. The Labute approximate surface area is 140 Å². The van der Waals surface area contributed by atoms with E-state index in [9.17, 15) is 9.59 Å². The Morgan fingerprint density at radius 3 is 2.26 bits per heavy atom. The topological polar surface area (TPSA) is 55.8 Å². The van der Waals surface area contributed by atoms with Crippen LogP contribution in [0.4, 0.5) is 4.79 Å². The van der Waals surface area contributed by atoms with Crippen molar-refractivity contribution < 1.29 is 18.8 Å². The van der Waals surface area contributed by atoms with Crippen molar-refractivity contribution in [2.24, 2.45) is 11.8 Å². The van der Waals surface area contributed by atoms with Crippen molar-refractivity contribution in [2.75, 3.05) is 6.61 Å². The largest absolute Gasteiger partial charge is 0.443 e. The number of ether oxygens (including phenoxy) is 1. The monoisotopic (exact) mass is 341 g/mol. The molecule has 2 rings (SSSR count). The van der Waals surface area contributed by atoms with E-state index in [0.29, 0.717) is 6.61 Å². The van der Waals surface area contributed by atoms with Crippen LogP contribution < -0.4 is 0 Å². The van der Waals surface area contributed by atoms with Gasteiger partial charge in [0.1, 0.15) is 5.60 Å². The number of amides is 2. The molecule has 1 aliphatic carbocycles. The number of likely N-dealkylation sites (tertiary alicyclic amines) is 1. The minimum atomic E-state index is -1.91. The number of carbonyl (C=O) groups is 2. The lowest BCUT2D eigenvalue weighted by molar-refractivity contribution is -0.131. The van der Waals surface area contributed by atoms with E-state index in [4.69, 9.17) is 9.16 Å². The molecule has 23 heavy (non-hydrogen) atoms. The van der Waals surface area contributed by atoms with Crippen LogP contribution in [0.25, 0.3) is 0 Å². The summed E-state index contributed by atoms with van der Waals surface area (Å²) in [5, 5.41) is 0.106.